The number of alkyl halides is 3. The molecule has 0 fully saturated rings. The first kappa shape index (κ1) is 28.1. The fourth-order valence-corrected chi connectivity index (χ4v) is 4.54. The monoisotopic (exact) mass is 554 g/mol. The number of nitrogens with one attached hydrogen (secondary N) is 1. The van der Waals surface area contributed by atoms with Gasteiger partial charge < -0.3 is 20.5 Å². The number of fused-ring (bicyclic) bond motifs is 1. The minimum absolute atomic E-state index is 0.0472. The summed E-state index contributed by atoms with van der Waals surface area (Å²) in [6, 6.07) is 8.12. The molecule has 1 aliphatic heterocycles. The predicted octanol–water partition coefficient (Wildman–Crippen LogP) is 3.26. The maximum atomic E-state index is 14.5. The Hall–Kier alpha value is -3.94. The van der Waals surface area contributed by atoms with Gasteiger partial charge in [0, 0.05) is 44.1 Å². The maximum Gasteiger partial charge on any atom is 0.451 e. The van der Waals surface area contributed by atoms with Gasteiger partial charge in [0.1, 0.15) is 5.82 Å². The molecule has 8 nitrogen and oxygen atoms in total. The normalized spacial score (nSPS) is 15.1. The SMILES string of the molecule is NC(=O)CC(NC(CC(=O)N1CCn2c(nnc2C(F)(F)F)C1)Cc1cc(F)c(F)cc1F)c1ccccc1. The molecule has 1 aromatic heterocycles. The summed E-state index contributed by atoms with van der Waals surface area (Å²) in [5.41, 5.74) is 5.85. The number of carbonyl (C=O) groups is 2. The largest absolute Gasteiger partial charge is 0.451 e. The predicted molar refractivity (Wildman–Crippen MR) is 125 cm³/mol. The van der Waals surface area contributed by atoms with Crippen molar-refractivity contribution in [2.45, 2.75) is 50.6 Å². The van der Waals surface area contributed by atoms with E-state index in [-0.39, 0.29) is 50.3 Å². The Bertz CT molecular complexity index is 1350. The van der Waals surface area contributed by atoms with E-state index in [2.05, 4.69) is 15.5 Å². The number of halogens is 6. The first-order valence-electron chi connectivity index (χ1n) is 11.9. The second-order valence-corrected chi connectivity index (χ2v) is 9.17. The Morgan fingerprint density at radius 3 is 2.33 bits per heavy atom. The molecule has 2 aromatic carbocycles. The summed E-state index contributed by atoms with van der Waals surface area (Å²) >= 11 is 0. The summed E-state index contributed by atoms with van der Waals surface area (Å²) in [7, 11) is 0. The number of primary amides is 1. The minimum atomic E-state index is -4.70. The molecule has 4 rings (SSSR count). The third-order valence-corrected chi connectivity index (χ3v) is 6.38. The average Bonchev–Trinajstić information content (AvgIpc) is 3.31. The molecule has 0 aliphatic carbocycles. The van der Waals surface area contributed by atoms with Gasteiger partial charge in [-0.1, -0.05) is 30.3 Å². The van der Waals surface area contributed by atoms with Crippen LogP contribution >= 0.6 is 0 Å². The summed E-state index contributed by atoms with van der Waals surface area (Å²) in [6.45, 7) is -0.493. The lowest BCUT2D eigenvalue weighted by molar-refractivity contribution is -0.148. The summed E-state index contributed by atoms with van der Waals surface area (Å²) in [6.07, 6.45) is -5.45. The summed E-state index contributed by atoms with van der Waals surface area (Å²) in [5.74, 6) is -6.04. The van der Waals surface area contributed by atoms with E-state index in [9.17, 15) is 35.9 Å². The average molecular weight is 554 g/mol. The van der Waals surface area contributed by atoms with Crippen LogP contribution in [0.25, 0.3) is 0 Å². The highest BCUT2D eigenvalue weighted by Crippen LogP contribution is 2.30. The van der Waals surface area contributed by atoms with Crippen molar-refractivity contribution in [2.24, 2.45) is 5.73 Å². The van der Waals surface area contributed by atoms with Crippen LogP contribution in [0.4, 0.5) is 26.3 Å². The Morgan fingerprint density at radius 2 is 1.67 bits per heavy atom. The summed E-state index contributed by atoms with van der Waals surface area (Å²) in [5, 5.41) is 9.86. The van der Waals surface area contributed by atoms with E-state index < -0.39 is 53.4 Å². The molecule has 14 heteroatoms. The number of rotatable bonds is 9. The highest BCUT2D eigenvalue weighted by atomic mass is 19.4. The molecular weight excluding hydrogens is 530 g/mol. The standard InChI is InChI=1S/C25H24F6N6O2/c26-17-11-19(28)18(27)9-15(17)8-16(33-20(12-21(32)38)14-4-2-1-3-5-14)10-23(39)36-6-7-37-22(13-36)34-35-24(37)25(29,30)31/h1-5,9,11,16,20,33H,6-8,10,12-13H2,(H2,32,38). The highest BCUT2D eigenvalue weighted by Gasteiger charge is 2.40. The fraction of sp³-hybridized carbons (Fsp3) is 0.360. The van der Waals surface area contributed by atoms with Gasteiger partial charge in [-0.25, -0.2) is 13.2 Å². The second kappa shape index (κ2) is 11.4. The lowest BCUT2D eigenvalue weighted by Gasteiger charge is -2.31. The third kappa shape index (κ3) is 6.74. The smallest absolute Gasteiger partial charge is 0.370 e. The van der Waals surface area contributed by atoms with E-state index >= 15 is 0 Å². The molecular formula is C25H24F6N6O2. The molecule has 3 aromatic rings. The Balaban J connectivity index is 1.57. The topological polar surface area (TPSA) is 106 Å². The minimum Gasteiger partial charge on any atom is -0.370 e. The molecule has 0 bridgehead atoms. The van der Waals surface area contributed by atoms with Crippen molar-refractivity contribution in [3.05, 3.63) is 82.7 Å². The molecule has 2 atom stereocenters. The Labute approximate surface area is 218 Å². The van der Waals surface area contributed by atoms with Crippen LogP contribution in [-0.4, -0.2) is 44.1 Å². The molecule has 0 saturated carbocycles. The zero-order chi connectivity index (χ0) is 28.3. The van der Waals surface area contributed by atoms with Crippen molar-refractivity contribution in [1.82, 2.24) is 25.0 Å². The lowest BCUT2D eigenvalue weighted by Crippen LogP contribution is -2.44. The van der Waals surface area contributed by atoms with Gasteiger partial charge in [-0.05, 0) is 23.6 Å². The van der Waals surface area contributed by atoms with E-state index in [1.54, 1.807) is 30.3 Å². The first-order valence-corrected chi connectivity index (χ1v) is 11.9. The Kier molecular flexibility index (Phi) is 8.23. The highest BCUT2D eigenvalue weighted by molar-refractivity contribution is 5.77. The number of hydrogen-bond donors (Lipinski definition) is 2. The van der Waals surface area contributed by atoms with Crippen LogP contribution in [-0.2, 0) is 35.3 Å². The quantitative estimate of drug-likeness (QED) is 0.312. The van der Waals surface area contributed by atoms with Gasteiger partial charge in [-0.15, -0.1) is 10.2 Å². The molecule has 208 valence electrons. The number of amides is 2. The lowest BCUT2D eigenvalue weighted by atomic mass is 9.97. The van der Waals surface area contributed by atoms with Crippen molar-refractivity contribution in [3.63, 3.8) is 0 Å². The molecule has 39 heavy (non-hydrogen) atoms. The van der Waals surface area contributed by atoms with Crippen LogP contribution in [0.2, 0.25) is 0 Å². The van der Waals surface area contributed by atoms with E-state index in [0.717, 1.165) is 4.57 Å². The molecule has 0 radical (unpaired) electrons. The summed E-state index contributed by atoms with van der Waals surface area (Å²) in [4.78, 5) is 26.3. The number of nitrogens with two attached hydrogens (primary N) is 1. The molecule has 1 aliphatic rings. The van der Waals surface area contributed by atoms with Crippen LogP contribution < -0.4 is 11.1 Å². The number of aromatic nitrogens is 3. The van der Waals surface area contributed by atoms with E-state index in [4.69, 9.17) is 5.73 Å². The zero-order valence-corrected chi connectivity index (χ0v) is 20.4. The van der Waals surface area contributed by atoms with Gasteiger partial charge in [0.25, 0.3) is 0 Å². The van der Waals surface area contributed by atoms with E-state index in [1.165, 1.54) is 4.90 Å². The summed E-state index contributed by atoms with van der Waals surface area (Å²) < 4.78 is 82.3. The van der Waals surface area contributed by atoms with Gasteiger partial charge in [0.05, 0.1) is 6.54 Å². The van der Waals surface area contributed by atoms with Crippen molar-refractivity contribution in [1.29, 1.82) is 0 Å². The molecule has 3 N–H and O–H groups in total. The van der Waals surface area contributed by atoms with E-state index in [0.29, 0.717) is 17.7 Å². The van der Waals surface area contributed by atoms with Gasteiger partial charge in [-0.2, -0.15) is 13.2 Å². The van der Waals surface area contributed by atoms with Crippen LogP contribution in [0.15, 0.2) is 42.5 Å². The Morgan fingerprint density at radius 1 is 0.974 bits per heavy atom. The molecule has 2 unspecified atom stereocenters. The third-order valence-electron chi connectivity index (χ3n) is 6.38. The number of hydrogen-bond acceptors (Lipinski definition) is 5. The van der Waals surface area contributed by atoms with Crippen molar-refractivity contribution in [3.8, 4) is 0 Å². The number of benzene rings is 2. The van der Waals surface area contributed by atoms with Gasteiger partial charge in [0.2, 0.25) is 17.6 Å². The van der Waals surface area contributed by atoms with Crippen molar-refractivity contribution < 1.29 is 35.9 Å². The maximum absolute atomic E-state index is 14.5. The molecule has 0 spiro atoms. The van der Waals surface area contributed by atoms with Gasteiger partial charge >= 0.3 is 6.18 Å². The van der Waals surface area contributed by atoms with Crippen LogP contribution in [0, 0.1) is 17.5 Å². The van der Waals surface area contributed by atoms with Crippen LogP contribution in [0.1, 0.15) is 41.7 Å². The van der Waals surface area contributed by atoms with E-state index in [1.807, 2.05) is 0 Å². The van der Waals surface area contributed by atoms with Crippen molar-refractivity contribution >= 4 is 11.8 Å². The molecule has 0 saturated heterocycles. The number of carbonyl (C=O) groups excluding carboxylic acids is 2. The fourth-order valence-electron chi connectivity index (χ4n) is 4.54. The number of nitrogens with zero attached hydrogens (tertiary/aromatic N) is 4. The second-order valence-electron chi connectivity index (χ2n) is 9.17. The van der Waals surface area contributed by atoms with Crippen LogP contribution in [0.3, 0.4) is 0 Å². The van der Waals surface area contributed by atoms with Crippen LogP contribution in [0.5, 0.6) is 0 Å². The zero-order valence-electron chi connectivity index (χ0n) is 20.4. The first-order chi connectivity index (χ1) is 18.4. The van der Waals surface area contributed by atoms with Gasteiger partial charge in [-0.3, -0.25) is 9.59 Å². The molecule has 2 heterocycles. The van der Waals surface area contributed by atoms with Gasteiger partial charge in [0.15, 0.2) is 17.5 Å². The van der Waals surface area contributed by atoms with Crippen molar-refractivity contribution in [2.75, 3.05) is 6.54 Å². The molecule has 2 amide bonds.